The van der Waals surface area contributed by atoms with Crippen LogP contribution in [0, 0.1) is 0 Å². The quantitative estimate of drug-likeness (QED) is 0.860. The number of nitrogens with zero attached hydrogens (tertiary/aromatic N) is 2. The number of aliphatic hydroxyl groups is 1. The first kappa shape index (κ1) is 13.2. The predicted molar refractivity (Wildman–Crippen MR) is 70.4 cm³/mol. The summed E-state index contributed by atoms with van der Waals surface area (Å²) in [5.74, 6) is -0.286. The summed E-state index contributed by atoms with van der Waals surface area (Å²) >= 11 is 0. The Kier molecular flexibility index (Phi) is 3.87. The molecule has 1 amide bonds. The lowest BCUT2D eigenvalue weighted by molar-refractivity contribution is 0.0526. The maximum absolute atomic E-state index is 11.8. The second-order valence-electron chi connectivity index (χ2n) is 4.45. The number of carbonyl (C=O) groups excluding carboxylic acids is 1. The summed E-state index contributed by atoms with van der Waals surface area (Å²) in [4.78, 5) is 11.8. The zero-order valence-electron chi connectivity index (χ0n) is 10.6. The predicted octanol–water partition coefficient (Wildman–Crippen LogP) is 1.11. The van der Waals surface area contributed by atoms with Crippen molar-refractivity contribution in [1.82, 2.24) is 15.5 Å². The Bertz CT molecular complexity index is 541. The van der Waals surface area contributed by atoms with Gasteiger partial charge in [-0.2, -0.15) is 10.2 Å². The maximum atomic E-state index is 11.8. The van der Waals surface area contributed by atoms with Gasteiger partial charge >= 0.3 is 0 Å². The van der Waals surface area contributed by atoms with E-state index in [1.165, 1.54) is 12.4 Å². The molecule has 0 radical (unpaired) electrons. The number of nitrogens with one attached hydrogen (secondary N) is 1. The topological polar surface area (TPSA) is 75.1 Å². The monoisotopic (exact) mass is 257 g/mol. The molecule has 1 aromatic heterocycles. The lowest BCUT2D eigenvalue weighted by atomic mass is 9.96. The Morgan fingerprint density at radius 1 is 1.26 bits per heavy atom. The van der Waals surface area contributed by atoms with Gasteiger partial charge in [0.05, 0.1) is 24.5 Å². The molecular weight excluding hydrogens is 242 g/mol. The van der Waals surface area contributed by atoms with E-state index in [0.717, 1.165) is 5.56 Å². The Morgan fingerprint density at radius 3 is 2.63 bits per heavy atom. The molecule has 2 rings (SSSR count). The SMILES string of the molecule is CC(O)(CNC(=O)c1ccnnc1)c1ccccc1. The molecule has 5 nitrogen and oxygen atoms in total. The normalized spacial score (nSPS) is 13.6. The lowest BCUT2D eigenvalue weighted by Crippen LogP contribution is -2.38. The van der Waals surface area contributed by atoms with Gasteiger partial charge in [0.25, 0.3) is 5.91 Å². The average molecular weight is 257 g/mol. The molecule has 1 heterocycles. The highest BCUT2D eigenvalue weighted by molar-refractivity contribution is 5.93. The third-order valence-electron chi connectivity index (χ3n) is 2.84. The van der Waals surface area contributed by atoms with Gasteiger partial charge in [0.2, 0.25) is 0 Å². The smallest absolute Gasteiger partial charge is 0.253 e. The fraction of sp³-hybridized carbons (Fsp3) is 0.214. The summed E-state index contributed by atoms with van der Waals surface area (Å²) in [7, 11) is 0. The third kappa shape index (κ3) is 3.35. The Balaban J connectivity index is 2.01. The molecule has 0 saturated carbocycles. The van der Waals surface area contributed by atoms with Crippen LogP contribution in [0.2, 0.25) is 0 Å². The second kappa shape index (κ2) is 5.58. The molecule has 2 N–H and O–H groups in total. The van der Waals surface area contributed by atoms with E-state index in [2.05, 4.69) is 15.5 Å². The summed E-state index contributed by atoms with van der Waals surface area (Å²) in [5.41, 5.74) is 0.0548. The maximum Gasteiger partial charge on any atom is 0.253 e. The van der Waals surface area contributed by atoms with E-state index in [-0.39, 0.29) is 12.5 Å². The standard InChI is InChI=1S/C14H15N3O2/c1-14(19,12-5-3-2-4-6-12)10-15-13(18)11-7-8-16-17-9-11/h2-9,19H,10H2,1H3,(H,15,18). The van der Waals surface area contributed by atoms with Crippen LogP contribution in [-0.4, -0.2) is 27.8 Å². The van der Waals surface area contributed by atoms with Gasteiger partial charge in [-0.05, 0) is 18.6 Å². The molecule has 0 aliphatic heterocycles. The minimum absolute atomic E-state index is 0.123. The van der Waals surface area contributed by atoms with E-state index >= 15 is 0 Å². The van der Waals surface area contributed by atoms with Crippen molar-refractivity contribution in [3.63, 3.8) is 0 Å². The number of rotatable bonds is 4. The molecule has 1 aromatic carbocycles. The van der Waals surface area contributed by atoms with Crippen molar-refractivity contribution in [3.8, 4) is 0 Å². The Labute approximate surface area is 111 Å². The van der Waals surface area contributed by atoms with Crippen molar-refractivity contribution in [3.05, 3.63) is 59.9 Å². The molecule has 1 unspecified atom stereocenters. The number of amides is 1. The molecule has 5 heteroatoms. The number of benzene rings is 1. The molecule has 0 fully saturated rings. The minimum atomic E-state index is -1.11. The van der Waals surface area contributed by atoms with Crippen LogP contribution in [-0.2, 0) is 5.60 Å². The van der Waals surface area contributed by atoms with E-state index in [1.807, 2.05) is 30.3 Å². The van der Waals surface area contributed by atoms with Gasteiger partial charge in [-0.25, -0.2) is 0 Å². The fourth-order valence-electron chi connectivity index (χ4n) is 1.68. The summed E-state index contributed by atoms with van der Waals surface area (Å²) in [5, 5.41) is 20.3. The summed E-state index contributed by atoms with van der Waals surface area (Å²) in [6.45, 7) is 1.78. The van der Waals surface area contributed by atoms with Crippen LogP contribution < -0.4 is 5.32 Å². The summed E-state index contributed by atoms with van der Waals surface area (Å²) in [6, 6.07) is 10.8. The second-order valence-corrected chi connectivity index (χ2v) is 4.45. The highest BCUT2D eigenvalue weighted by Gasteiger charge is 2.23. The Hall–Kier alpha value is -2.27. The zero-order valence-corrected chi connectivity index (χ0v) is 10.6. The lowest BCUT2D eigenvalue weighted by Gasteiger charge is -2.24. The molecule has 1 atom stereocenters. The van der Waals surface area contributed by atoms with Crippen LogP contribution in [0.1, 0.15) is 22.8 Å². The van der Waals surface area contributed by atoms with Crippen LogP contribution in [0.15, 0.2) is 48.8 Å². The van der Waals surface area contributed by atoms with Gasteiger partial charge in [-0.1, -0.05) is 30.3 Å². The molecule has 0 aliphatic rings. The van der Waals surface area contributed by atoms with E-state index in [9.17, 15) is 9.90 Å². The highest BCUT2D eigenvalue weighted by atomic mass is 16.3. The van der Waals surface area contributed by atoms with Crippen LogP contribution in [0.3, 0.4) is 0 Å². The van der Waals surface area contributed by atoms with Gasteiger partial charge in [-0.3, -0.25) is 4.79 Å². The van der Waals surface area contributed by atoms with E-state index in [0.29, 0.717) is 5.56 Å². The first-order chi connectivity index (χ1) is 9.09. The fourth-order valence-corrected chi connectivity index (χ4v) is 1.68. The number of aromatic nitrogens is 2. The van der Waals surface area contributed by atoms with Gasteiger partial charge < -0.3 is 10.4 Å². The van der Waals surface area contributed by atoms with E-state index in [1.54, 1.807) is 13.0 Å². The summed E-state index contributed by atoms with van der Waals surface area (Å²) < 4.78 is 0. The molecule has 19 heavy (non-hydrogen) atoms. The molecule has 98 valence electrons. The average Bonchev–Trinajstić information content (AvgIpc) is 2.47. The van der Waals surface area contributed by atoms with Crippen molar-refractivity contribution in [2.75, 3.05) is 6.54 Å². The molecule has 0 bridgehead atoms. The number of hydrogen-bond acceptors (Lipinski definition) is 4. The van der Waals surface area contributed by atoms with Crippen molar-refractivity contribution in [2.45, 2.75) is 12.5 Å². The van der Waals surface area contributed by atoms with Gasteiger partial charge in [0.15, 0.2) is 0 Å². The number of carbonyl (C=O) groups is 1. The number of hydrogen-bond donors (Lipinski definition) is 2. The molecule has 0 saturated heterocycles. The van der Waals surface area contributed by atoms with E-state index < -0.39 is 5.60 Å². The van der Waals surface area contributed by atoms with Crippen molar-refractivity contribution >= 4 is 5.91 Å². The first-order valence-electron chi connectivity index (χ1n) is 5.92. The van der Waals surface area contributed by atoms with Crippen molar-refractivity contribution in [1.29, 1.82) is 0 Å². The molecule has 0 aliphatic carbocycles. The van der Waals surface area contributed by atoms with Gasteiger partial charge in [0.1, 0.15) is 5.60 Å². The van der Waals surface area contributed by atoms with E-state index in [4.69, 9.17) is 0 Å². The van der Waals surface area contributed by atoms with Crippen LogP contribution >= 0.6 is 0 Å². The van der Waals surface area contributed by atoms with Crippen molar-refractivity contribution < 1.29 is 9.90 Å². The summed E-state index contributed by atoms with van der Waals surface area (Å²) in [6.07, 6.45) is 2.83. The van der Waals surface area contributed by atoms with Crippen LogP contribution in [0.25, 0.3) is 0 Å². The van der Waals surface area contributed by atoms with Crippen molar-refractivity contribution in [2.24, 2.45) is 0 Å². The van der Waals surface area contributed by atoms with Crippen LogP contribution in [0.4, 0.5) is 0 Å². The minimum Gasteiger partial charge on any atom is -0.384 e. The first-order valence-corrected chi connectivity index (χ1v) is 5.92. The largest absolute Gasteiger partial charge is 0.384 e. The van der Waals surface area contributed by atoms with Gasteiger partial charge in [-0.15, -0.1) is 0 Å². The molecular formula is C14H15N3O2. The van der Waals surface area contributed by atoms with Gasteiger partial charge in [0, 0.05) is 0 Å². The third-order valence-corrected chi connectivity index (χ3v) is 2.84. The zero-order chi connectivity index (χ0) is 13.7. The molecule has 2 aromatic rings. The highest BCUT2D eigenvalue weighted by Crippen LogP contribution is 2.18. The molecule has 0 spiro atoms. The Morgan fingerprint density at radius 2 is 2.00 bits per heavy atom. The van der Waals surface area contributed by atoms with Crippen LogP contribution in [0.5, 0.6) is 0 Å².